The molecule has 0 fully saturated rings. The van der Waals surface area contributed by atoms with E-state index in [0.29, 0.717) is 11.4 Å². The molecule has 0 aliphatic rings. The molecule has 1 heterocycles. The van der Waals surface area contributed by atoms with Crippen LogP contribution in [0.5, 0.6) is 0 Å². The van der Waals surface area contributed by atoms with Gasteiger partial charge in [-0.2, -0.15) is 0 Å². The molecule has 0 amide bonds. The van der Waals surface area contributed by atoms with Crippen molar-refractivity contribution in [1.29, 1.82) is 0 Å². The first-order valence-electron chi connectivity index (χ1n) is 6.73. The molecule has 0 unspecified atom stereocenters. The minimum absolute atomic E-state index is 0.142. The maximum atomic E-state index is 11.4. The number of aryl methyl sites for hydroxylation is 2. The van der Waals surface area contributed by atoms with Crippen molar-refractivity contribution in [3.05, 3.63) is 45.4 Å². The predicted octanol–water partition coefficient (Wildman–Crippen LogP) is 3.01. The van der Waals surface area contributed by atoms with E-state index in [0.717, 1.165) is 16.3 Å². The molecule has 21 heavy (non-hydrogen) atoms. The van der Waals surface area contributed by atoms with Gasteiger partial charge in [0.2, 0.25) is 0 Å². The monoisotopic (exact) mass is 324 g/mol. The predicted molar refractivity (Wildman–Crippen MR) is 86.4 cm³/mol. The van der Waals surface area contributed by atoms with Gasteiger partial charge in [-0.1, -0.05) is 12.1 Å². The van der Waals surface area contributed by atoms with E-state index in [1.807, 2.05) is 19.1 Å². The zero-order chi connectivity index (χ0) is 15.6. The van der Waals surface area contributed by atoms with E-state index in [2.05, 4.69) is 24.1 Å². The summed E-state index contributed by atoms with van der Waals surface area (Å²) in [4.78, 5) is 6.10. The molecule has 0 bridgehead atoms. The maximum Gasteiger partial charge on any atom is 0.175 e. The minimum atomic E-state index is -3.13. The van der Waals surface area contributed by atoms with Gasteiger partial charge in [0.15, 0.2) is 9.84 Å². The number of nitrogens with one attached hydrogen (secondary N) is 1. The van der Waals surface area contributed by atoms with Crippen LogP contribution in [-0.2, 0) is 16.4 Å². The first-order valence-corrected chi connectivity index (χ1v) is 9.44. The Bertz CT molecular complexity index is 699. The fraction of sp³-hybridized carbons (Fsp3) is 0.400. The largest absolute Gasteiger partial charge is 0.304 e. The molecule has 2 rings (SSSR count). The summed E-state index contributed by atoms with van der Waals surface area (Å²) in [6, 6.07) is 7.16. The second kappa shape index (κ2) is 6.25. The summed E-state index contributed by atoms with van der Waals surface area (Å²) in [5.74, 6) is 0. The lowest BCUT2D eigenvalue weighted by molar-refractivity contribution is 0.572. The van der Waals surface area contributed by atoms with Gasteiger partial charge >= 0.3 is 0 Å². The lowest BCUT2D eigenvalue weighted by Gasteiger charge is -2.13. The van der Waals surface area contributed by atoms with Crippen LogP contribution in [0.2, 0.25) is 0 Å². The SMILES string of the molecule is Cc1nc(CN[C@H](C)c2ccc(S(C)(=O)=O)cc2)sc1C. The Kier molecular flexibility index (Phi) is 4.81. The number of hydrogen-bond donors (Lipinski definition) is 1. The molecule has 1 N–H and O–H groups in total. The average molecular weight is 324 g/mol. The Balaban J connectivity index is 2.01. The fourth-order valence-electron chi connectivity index (χ4n) is 1.98. The van der Waals surface area contributed by atoms with E-state index in [1.54, 1.807) is 23.5 Å². The second-order valence-electron chi connectivity index (χ2n) is 5.19. The molecule has 114 valence electrons. The van der Waals surface area contributed by atoms with Crippen LogP contribution in [0.1, 0.15) is 34.1 Å². The highest BCUT2D eigenvalue weighted by Gasteiger charge is 2.10. The van der Waals surface area contributed by atoms with E-state index in [1.165, 1.54) is 11.1 Å². The molecule has 0 aliphatic carbocycles. The van der Waals surface area contributed by atoms with Gasteiger partial charge in [-0.05, 0) is 38.5 Å². The zero-order valence-corrected chi connectivity index (χ0v) is 14.3. The van der Waals surface area contributed by atoms with Crippen LogP contribution in [0.3, 0.4) is 0 Å². The van der Waals surface area contributed by atoms with Gasteiger partial charge in [0.05, 0.1) is 10.6 Å². The molecule has 0 saturated carbocycles. The summed E-state index contributed by atoms with van der Waals surface area (Å²) in [6.07, 6.45) is 1.22. The van der Waals surface area contributed by atoms with Crippen LogP contribution < -0.4 is 5.32 Å². The third-order valence-corrected chi connectivity index (χ3v) is 5.64. The van der Waals surface area contributed by atoms with E-state index in [-0.39, 0.29) is 6.04 Å². The quantitative estimate of drug-likeness (QED) is 0.918. The number of thiazole rings is 1. The molecule has 0 spiro atoms. The van der Waals surface area contributed by atoms with E-state index >= 15 is 0 Å². The molecule has 0 aliphatic heterocycles. The molecule has 0 radical (unpaired) electrons. The van der Waals surface area contributed by atoms with Gasteiger partial charge in [0.25, 0.3) is 0 Å². The summed E-state index contributed by atoms with van der Waals surface area (Å²) in [5, 5.41) is 4.49. The molecular weight excluding hydrogens is 304 g/mol. The molecule has 1 aromatic heterocycles. The Morgan fingerprint density at radius 3 is 2.33 bits per heavy atom. The highest BCUT2D eigenvalue weighted by molar-refractivity contribution is 7.90. The van der Waals surface area contributed by atoms with Gasteiger partial charge in [0.1, 0.15) is 5.01 Å². The van der Waals surface area contributed by atoms with Crippen LogP contribution in [0, 0.1) is 13.8 Å². The Morgan fingerprint density at radius 1 is 1.24 bits per heavy atom. The summed E-state index contributed by atoms with van der Waals surface area (Å²) < 4.78 is 22.9. The highest BCUT2D eigenvalue weighted by Crippen LogP contribution is 2.19. The highest BCUT2D eigenvalue weighted by atomic mass is 32.2. The van der Waals surface area contributed by atoms with Crippen molar-refractivity contribution in [2.75, 3.05) is 6.26 Å². The molecular formula is C15H20N2O2S2. The van der Waals surface area contributed by atoms with Crippen molar-refractivity contribution >= 4 is 21.2 Å². The zero-order valence-electron chi connectivity index (χ0n) is 12.7. The van der Waals surface area contributed by atoms with Crippen molar-refractivity contribution < 1.29 is 8.42 Å². The van der Waals surface area contributed by atoms with Gasteiger partial charge in [0, 0.05) is 23.7 Å². The van der Waals surface area contributed by atoms with E-state index in [4.69, 9.17) is 0 Å². The Hall–Kier alpha value is -1.24. The lowest BCUT2D eigenvalue weighted by atomic mass is 10.1. The maximum absolute atomic E-state index is 11.4. The number of sulfone groups is 1. The number of aromatic nitrogens is 1. The van der Waals surface area contributed by atoms with Crippen LogP contribution >= 0.6 is 11.3 Å². The topological polar surface area (TPSA) is 59.1 Å². The summed E-state index contributed by atoms with van der Waals surface area (Å²) in [7, 11) is -3.13. The summed E-state index contributed by atoms with van der Waals surface area (Å²) in [6.45, 7) is 6.86. The molecule has 6 heteroatoms. The first kappa shape index (κ1) is 16.1. The molecule has 4 nitrogen and oxygen atoms in total. The average Bonchev–Trinajstić information content (AvgIpc) is 2.74. The number of rotatable bonds is 5. The van der Waals surface area contributed by atoms with Crippen molar-refractivity contribution in [3.8, 4) is 0 Å². The third kappa shape index (κ3) is 4.12. The molecule has 2 aromatic rings. The van der Waals surface area contributed by atoms with E-state index < -0.39 is 9.84 Å². The smallest absolute Gasteiger partial charge is 0.175 e. The van der Waals surface area contributed by atoms with E-state index in [9.17, 15) is 8.42 Å². The second-order valence-corrected chi connectivity index (χ2v) is 8.50. The standard InChI is InChI=1S/C15H20N2O2S2/c1-10-12(3)20-15(17-10)9-16-11(2)13-5-7-14(8-6-13)21(4,18)19/h5-8,11,16H,9H2,1-4H3/t11-/m1/s1. The van der Waals surface area contributed by atoms with Crippen LogP contribution in [0.25, 0.3) is 0 Å². The Labute approximate surface area is 130 Å². The number of hydrogen-bond acceptors (Lipinski definition) is 5. The molecule has 0 saturated heterocycles. The van der Waals surface area contributed by atoms with Crippen LogP contribution in [0.4, 0.5) is 0 Å². The van der Waals surface area contributed by atoms with Crippen molar-refractivity contribution in [2.24, 2.45) is 0 Å². The van der Waals surface area contributed by atoms with Gasteiger partial charge < -0.3 is 5.32 Å². The van der Waals surface area contributed by atoms with Gasteiger partial charge in [-0.15, -0.1) is 11.3 Å². The number of benzene rings is 1. The fourth-order valence-corrected chi connectivity index (χ4v) is 3.49. The number of nitrogens with zero attached hydrogens (tertiary/aromatic N) is 1. The van der Waals surface area contributed by atoms with Crippen LogP contribution in [-0.4, -0.2) is 19.7 Å². The minimum Gasteiger partial charge on any atom is -0.304 e. The van der Waals surface area contributed by atoms with Crippen molar-refractivity contribution in [3.63, 3.8) is 0 Å². The van der Waals surface area contributed by atoms with Gasteiger partial charge in [-0.3, -0.25) is 0 Å². The first-order chi connectivity index (χ1) is 9.77. The van der Waals surface area contributed by atoms with Crippen molar-refractivity contribution in [1.82, 2.24) is 10.3 Å². The molecule has 1 atom stereocenters. The summed E-state index contributed by atoms with van der Waals surface area (Å²) in [5.41, 5.74) is 2.15. The third-order valence-electron chi connectivity index (χ3n) is 3.44. The van der Waals surface area contributed by atoms with Crippen LogP contribution in [0.15, 0.2) is 29.2 Å². The Morgan fingerprint density at radius 2 is 1.86 bits per heavy atom. The summed E-state index contributed by atoms with van der Waals surface area (Å²) >= 11 is 1.70. The molecule has 1 aromatic carbocycles. The lowest BCUT2D eigenvalue weighted by Crippen LogP contribution is -2.18. The van der Waals surface area contributed by atoms with Crippen molar-refractivity contribution in [2.45, 2.75) is 38.3 Å². The normalized spacial score (nSPS) is 13.3. The van der Waals surface area contributed by atoms with Gasteiger partial charge in [-0.25, -0.2) is 13.4 Å².